The maximum Gasteiger partial charge on any atom is 0.390 e. The van der Waals surface area contributed by atoms with Crippen molar-refractivity contribution in [1.82, 2.24) is 10.3 Å². The van der Waals surface area contributed by atoms with Crippen LogP contribution in [0.3, 0.4) is 0 Å². The van der Waals surface area contributed by atoms with E-state index in [4.69, 9.17) is 10.5 Å². The molecule has 4 aromatic rings. The topological polar surface area (TPSA) is 144 Å². The fraction of sp³-hybridized carbons (Fsp3) is 0.250. The van der Waals surface area contributed by atoms with Gasteiger partial charge in [0.25, 0.3) is 11.8 Å². The molecule has 0 atom stereocenters. The largest absolute Gasteiger partial charge is 0.493 e. The minimum absolute atomic E-state index is 0.0217. The third kappa shape index (κ3) is 6.84. The summed E-state index contributed by atoms with van der Waals surface area (Å²) in [5, 5.41) is 17.1. The number of aromatic nitrogens is 1. The molecule has 13 heteroatoms. The third-order valence-electron chi connectivity index (χ3n) is 7.37. The Hall–Kier alpha value is -4.75. The summed E-state index contributed by atoms with van der Waals surface area (Å²) in [6.45, 7) is 3.67. The van der Waals surface area contributed by atoms with E-state index in [1.165, 1.54) is 23.5 Å². The fourth-order valence-electron chi connectivity index (χ4n) is 5.25. The maximum atomic E-state index is 14.0. The van der Waals surface area contributed by atoms with Crippen LogP contribution in [0.2, 0.25) is 0 Å². The SMILES string of the molecule is Cc1cc(CN)cc(C)c1NC(=O)c1cc2c(cc1-c1ccc(C(=O)NCCC(F)(F)F)nc1C(=O)O)OCCc1ccsc1-2. The number of carboxylic acid groups (broad SMARTS) is 1. The lowest BCUT2D eigenvalue weighted by molar-refractivity contribution is -0.133. The van der Waals surface area contributed by atoms with Gasteiger partial charge in [0.1, 0.15) is 11.4 Å². The first-order chi connectivity index (χ1) is 21.4. The van der Waals surface area contributed by atoms with Gasteiger partial charge in [-0.15, -0.1) is 11.3 Å². The Morgan fingerprint density at radius 3 is 2.42 bits per heavy atom. The van der Waals surface area contributed by atoms with Crippen LogP contribution in [0.15, 0.2) is 47.8 Å². The van der Waals surface area contributed by atoms with Crippen LogP contribution in [0.4, 0.5) is 18.9 Å². The van der Waals surface area contributed by atoms with Gasteiger partial charge in [-0.3, -0.25) is 9.59 Å². The van der Waals surface area contributed by atoms with Crippen molar-refractivity contribution < 1.29 is 37.4 Å². The van der Waals surface area contributed by atoms with Gasteiger partial charge in [0.05, 0.1) is 13.0 Å². The first kappa shape index (κ1) is 31.7. The van der Waals surface area contributed by atoms with Gasteiger partial charge in [-0.05, 0) is 71.8 Å². The highest BCUT2D eigenvalue weighted by Gasteiger charge is 2.28. The highest BCUT2D eigenvalue weighted by molar-refractivity contribution is 7.13. The zero-order chi connectivity index (χ0) is 32.5. The molecule has 0 radical (unpaired) electrons. The molecule has 0 saturated heterocycles. The zero-order valence-corrected chi connectivity index (χ0v) is 25.1. The smallest absolute Gasteiger partial charge is 0.390 e. The lowest BCUT2D eigenvalue weighted by Gasteiger charge is -2.18. The molecule has 5 rings (SSSR count). The van der Waals surface area contributed by atoms with E-state index in [1.807, 2.05) is 37.4 Å². The highest BCUT2D eigenvalue weighted by atomic mass is 32.1. The van der Waals surface area contributed by atoms with Crippen molar-refractivity contribution in [3.63, 3.8) is 0 Å². The molecule has 45 heavy (non-hydrogen) atoms. The van der Waals surface area contributed by atoms with Crippen molar-refractivity contribution in [3.05, 3.63) is 87.0 Å². The number of aryl methyl sites for hydroxylation is 2. The summed E-state index contributed by atoms with van der Waals surface area (Å²) in [4.78, 5) is 43.9. The minimum Gasteiger partial charge on any atom is -0.493 e. The maximum absolute atomic E-state index is 14.0. The number of aromatic carboxylic acids is 1. The molecule has 5 N–H and O–H groups in total. The first-order valence-corrected chi connectivity index (χ1v) is 14.8. The van der Waals surface area contributed by atoms with Gasteiger partial charge in [0.2, 0.25) is 0 Å². The van der Waals surface area contributed by atoms with Crippen LogP contribution in [-0.4, -0.2) is 47.2 Å². The van der Waals surface area contributed by atoms with Crippen LogP contribution in [0.25, 0.3) is 21.6 Å². The van der Waals surface area contributed by atoms with Crippen molar-refractivity contribution >= 4 is 34.8 Å². The molecular formula is C32H29F3N4O5S. The van der Waals surface area contributed by atoms with E-state index in [0.29, 0.717) is 36.6 Å². The monoisotopic (exact) mass is 638 g/mol. The Morgan fingerprint density at radius 1 is 1.02 bits per heavy atom. The van der Waals surface area contributed by atoms with Crippen LogP contribution in [0.1, 0.15) is 60.0 Å². The van der Waals surface area contributed by atoms with Gasteiger partial charge in [-0.1, -0.05) is 12.1 Å². The van der Waals surface area contributed by atoms with Crippen LogP contribution in [-0.2, 0) is 13.0 Å². The van der Waals surface area contributed by atoms with E-state index >= 15 is 0 Å². The van der Waals surface area contributed by atoms with E-state index in [1.54, 1.807) is 12.1 Å². The average Bonchev–Trinajstić information content (AvgIpc) is 3.38. The number of nitrogens with two attached hydrogens (primary N) is 1. The van der Waals surface area contributed by atoms with Gasteiger partial charge in [0, 0.05) is 52.3 Å². The predicted molar refractivity (Wildman–Crippen MR) is 164 cm³/mol. The fourth-order valence-corrected chi connectivity index (χ4v) is 6.23. The summed E-state index contributed by atoms with van der Waals surface area (Å²) in [7, 11) is 0. The summed E-state index contributed by atoms with van der Waals surface area (Å²) in [6.07, 6.45) is -5.10. The Labute approximate surface area is 260 Å². The number of ether oxygens (including phenoxy) is 1. The normalized spacial score (nSPS) is 12.4. The molecule has 9 nitrogen and oxygen atoms in total. The Balaban J connectivity index is 1.62. The highest BCUT2D eigenvalue weighted by Crippen LogP contribution is 2.43. The number of rotatable bonds is 8. The van der Waals surface area contributed by atoms with Crippen LogP contribution in [0, 0.1) is 13.8 Å². The molecule has 0 aliphatic carbocycles. The molecule has 2 amide bonds. The van der Waals surface area contributed by atoms with Crippen LogP contribution >= 0.6 is 11.3 Å². The molecule has 0 fully saturated rings. The summed E-state index contributed by atoms with van der Waals surface area (Å²) >= 11 is 1.49. The van der Waals surface area contributed by atoms with Crippen molar-refractivity contribution in [1.29, 1.82) is 0 Å². The zero-order valence-electron chi connectivity index (χ0n) is 24.3. The standard InChI is InChI=1S/C32H29F3N4O5S/c1-16-11-18(15-36)12-17(2)26(16)39-29(40)22-13-23-25(44-9-5-19-6-10-45-28(19)23)14-21(22)20-3-4-24(38-27(20)31(42)43)30(41)37-8-7-32(33,34)35/h3-4,6,10-14H,5,7-9,15,36H2,1-2H3,(H,37,41)(H,39,40)(H,42,43). The molecule has 0 bridgehead atoms. The summed E-state index contributed by atoms with van der Waals surface area (Å²) in [6, 6.07) is 11.5. The number of carbonyl (C=O) groups excluding carboxylic acids is 2. The van der Waals surface area contributed by atoms with Gasteiger partial charge in [-0.2, -0.15) is 13.2 Å². The van der Waals surface area contributed by atoms with E-state index < -0.39 is 42.6 Å². The molecule has 3 heterocycles. The van der Waals surface area contributed by atoms with Crippen molar-refractivity contribution in [2.45, 2.75) is 39.4 Å². The molecule has 0 saturated carbocycles. The molecule has 1 aliphatic rings. The average molecular weight is 639 g/mol. The van der Waals surface area contributed by atoms with Gasteiger partial charge in [0.15, 0.2) is 5.69 Å². The number of nitrogens with zero attached hydrogens (tertiary/aromatic N) is 1. The van der Waals surface area contributed by atoms with Crippen LogP contribution < -0.4 is 21.1 Å². The van der Waals surface area contributed by atoms with Crippen molar-refractivity contribution in [2.75, 3.05) is 18.5 Å². The summed E-state index contributed by atoms with van der Waals surface area (Å²) in [5.74, 6) is -2.55. The molecule has 1 aliphatic heterocycles. The van der Waals surface area contributed by atoms with Crippen molar-refractivity contribution in [3.8, 4) is 27.3 Å². The van der Waals surface area contributed by atoms with E-state index in [0.717, 1.165) is 27.1 Å². The number of fused-ring (bicyclic) bond motifs is 3. The predicted octanol–water partition coefficient (Wildman–Crippen LogP) is 6.12. The number of amides is 2. The quantitative estimate of drug-likeness (QED) is 0.182. The second-order valence-corrected chi connectivity index (χ2v) is 11.5. The lowest BCUT2D eigenvalue weighted by Crippen LogP contribution is -2.29. The van der Waals surface area contributed by atoms with Crippen molar-refractivity contribution in [2.24, 2.45) is 5.73 Å². The third-order valence-corrected chi connectivity index (χ3v) is 8.36. The number of halogens is 3. The number of anilines is 1. The molecule has 0 unspecified atom stereocenters. The van der Waals surface area contributed by atoms with Gasteiger partial charge >= 0.3 is 12.1 Å². The second-order valence-electron chi connectivity index (χ2n) is 10.5. The number of thiophene rings is 1. The van der Waals surface area contributed by atoms with Gasteiger partial charge < -0.3 is 26.2 Å². The molecule has 0 spiro atoms. The number of nitrogens with one attached hydrogen (secondary N) is 2. The minimum atomic E-state index is -4.48. The summed E-state index contributed by atoms with van der Waals surface area (Å²) in [5.41, 5.74) is 9.99. The first-order valence-electron chi connectivity index (χ1n) is 13.9. The van der Waals surface area contributed by atoms with E-state index in [-0.39, 0.29) is 22.4 Å². The second kappa shape index (κ2) is 12.7. The van der Waals surface area contributed by atoms with E-state index in [2.05, 4.69) is 15.6 Å². The van der Waals surface area contributed by atoms with E-state index in [9.17, 15) is 32.7 Å². The lowest BCUT2D eigenvalue weighted by atomic mass is 9.93. The Bertz CT molecular complexity index is 1800. The molecule has 2 aromatic heterocycles. The molecule has 234 valence electrons. The number of hydrogen-bond donors (Lipinski definition) is 4. The Morgan fingerprint density at radius 2 is 1.76 bits per heavy atom. The number of alkyl halides is 3. The molecular weight excluding hydrogens is 609 g/mol. The molecule has 2 aromatic carbocycles. The van der Waals surface area contributed by atoms with Gasteiger partial charge in [-0.25, -0.2) is 9.78 Å². The number of hydrogen-bond acceptors (Lipinski definition) is 7. The van der Waals surface area contributed by atoms with Crippen LogP contribution in [0.5, 0.6) is 5.75 Å². The number of carboxylic acids is 1. The number of pyridine rings is 1. The number of carbonyl (C=O) groups is 3. The Kier molecular flexibility index (Phi) is 8.94. The summed E-state index contributed by atoms with van der Waals surface area (Å²) < 4.78 is 43.7. The number of benzene rings is 2.